The molecule has 1 unspecified atom stereocenters. The lowest BCUT2D eigenvalue weighted by Gasteiger charge is -2.30. The van der Waals surface area contributed by atoms with E-state index in [1.807, 2.05) is 13.8 Å². The number of halogens is 2. The van der Waals surface area contributed by atoms with Gasteiger partial charge in [0.2, 0.25) is 5.91 Å². The summed E-state index contributed by atoms with van der Waals surface area (Å²) >= 11 is 0. The highest BCUT2D eigenvalue weighted by atomic mass is 35.5. The summed E-state index contributed by atoms with van der Waals surface area (Å²) in [5.74, 6) is 1.03. The minimum Gasteiger partial charge on any atom is -0.353 e. The molecule has 4 nitrogen and oxygen atoms in total. The van der Waals surface area contributed by atoms with Crippen LogP contribution < -0.4 is 11.1 Å². The van der Waals surface area contributed by atoms with Crippen molar-refractivity contribution in [3.05, 3.63) is 0 Å². The number of nitrogens with zero attached hydrogens (tertiary/aromatic N) is 1. The van der Waals surface area contributed by atoms with Crippen LogP contribution in [0.25, 0.3) is 0 Å². The maximum Gasteiger partial charge on any atom is 0.237 e. The van der Waals surface area contributed by atoms with Gasteiger partial charge in [-0.25, -0.2) is 0 Å². The standard InChI is InChI=1S/C13H27N3O.2ClH/c1-10(2)12(14)13(17)15-6-9-16-7-4-11(3)5-8-16;;/h10-12H,4-9,14H2,1-3H3,(H,15,17);2*1H. The van der Waals surface area contributed by atoms with Crippen LogP contribution in [0.5, 0.6) is 0 Å². The van der Waals surface area contributed by atoms with Crippen molar-refractivity contribution in [1.29, 1.82) is 0 Å². The molecule has 0 aromatic rings. The molecular weight excluding hydrogens is 285 g/mol. The minimum absolute atomic E-state index is 0. The molecule has 1 fully saturated rings. The van der Waals surface area contributed by atoms with Crippen LogP contribution in [0.15, 0.2) is 0 Å². The summed E-state index contributed by atoms with van der Waals surface area (Å²) in [7, 11) is 0. The molecule has 6 heteroatoms. The SMILES string of the molecule is CC1CCN(CCNC(=O)C(N)C(C)C)CC1.Cl.Cl. The molecule has 116 valence electrons. The van der Waals surface area contributed by atoms with Crippen LogP contribution in [-0.4, -0.2) is 43.0 Å². The first-order valence-electron chi connectivity index (χ1n) is 6.76. The molecule has 19 heavy (non-hydrogen) atoms. The van der Waals surface area contributed by atoms with Gasteiger partial charge in [-0.1, -0.05) is 20.8 Å². The van der Waals surface area contributed by atoms with Crippen LogP contribution in [0.4, 0.5) is 0 Å². The predicted octanol–water partition coefficient (Wildman–Crippen LogP) is 1.66. The van der Waals surface area contributed by atoms with E-state index in [2.05, 4.69) is 17.1 Å². The molecule has 0 aliphatic carbocycles. The predicted molar refractivity (Wildman–Crippen MR) is 85.2 cm³/mol. The smallest absolute Gasteiger partial charge is 0.237 e. The number of rotatable bonds is 5. The second kappa shape index (κ2) is 10.7. The molecule has 3 N–H and O–H groups in total. The maximum atomic E-state index is 11.6. The average Bonchev–Trinajstić information content (AvgIpc) is 2.30. The van der Waals surface area contributed by atoms with Gasteiger partial charge in [-0.05, 0) is 37.8 Å². The Morgan fingerprint density at radius 1 is 1.32 bits per heavy atom. The zero-order chi connectivity index (χ0) is 12.8. The number of nitrogens with one attached hydrogen (secondary N) is 1. The van der Waals surface area contributed by atoms with Crippen molar-refractivity contribution in [2.45, 2.75) is 39.7 Å². The van der Waals surface area contributed by atoms with Crippen LogP contribution >= 0.6 is 24.8 Å². The number of amides is 1. The van der Waals surface area contributed by atoms with E-state index in [1.54, 1.807) is 0 Å². The summed E-state index contributed by atoms with van der Waals surface area (Å²) in [5, 5.41) is 2.92. The summed E-state index contributed by atoms with van der Waals surface area (Å²) in [6.45, 7) is 10.2. The Morgan fingerprint density at radius 2 is 1.84 bits per heavy atom. The molecule has 0 aromatic heterocycles. The number of likely N-dealkylation sites (tertiary alicyclic amines) is 1. The molecule has 1 amide bonds. The molecule has 1 saturated heterocycles. The van der Waals surface area contributed by atoms with E-state index < -0.39 is 0 Å². The van der Waals surface area contributed by atoms with Gasteiger partial charge in [0, 0.05) is 13.1 Å². The van der Waals surface area contributed by atoms with Gasteiger partial charge in [-0.2, -0.15) is 0 Å². The van der Waals surface area contributed by atoms with Crippen LogP contribution in [0.3, 0.4) is 0 Å². The van der Waals surface area contributed by atoms with Gasteiger partial charge in [0.25, 0.3) is 0 Å². The van der Waals surface area contributed by atoms with Crippen LogP contribution in [0, 0.1) is 11.8 Å². The van der Waals surface area contributed by atoms with E-state index in [0.717, 1.165) is 25.6 Å². The molecular formula is C13H29Cl2N3O. The Bertz CT molecular complexity index is 244. The molecule has 0 radical (unpaired) electrons. The van der Waals surface area contributed by atoms with E-state index in [0.29, 0.717) is 6.54 Å². The largest absolute Gasteiger partial charge is 0.353 e. The third kappa shape index (κ3) is 7.98. The zero-order valence-electron chi connectivity index (χ0n) is 12.2. The average molecular weight is 314 g/mol. The summed E-state index contributed by atoms with van der Waals surface area (Å²) in [6.07, 6.45) is 2.55. The van der Waals surface area contributed by atoms with Crippen molar-refractivity contribution in [2.75, 3.05) is 26.2 Å². The first-order valence-corrected chi connectivity index (χ1v) is 6.76. The summed E-state index contributed by atoms with van der Waals surface area (Å²) in [6, 6.07) is -0.378. The third-order valence-electron chi connectivity index (χ3n) is 3.62. The Kier molecular flexibility index (Phi) is 12.0. The third-order valence-corrected chi connectivity index (χ3v) is 3.62. The van der Waals surface area contributed by atoms with E-state index in [1.165, 1.54) is 12.8 Å². The molecule has 1 rings (SSSR count). The summed E-state index contributed by atoms with van der Waals surface area (Å²) in [4.78, 5) is 14.0. The van der Waals surface area contributed by atoms with Crippen molar-refractivity contribution in [2.24, 2.45) is 17.6 Å². The highest BCUT2D eigenvalue weighted by Gasteiger charge is 2.18. The summed E-state index contributed by atoms with van der Waals surface area (Å²) in [5.41, 5.74) is 5.77. The van der Waals surface area contributed by atoms with Gasteiger partial charge >= 0.3 is 0 Å². The van der Waals surface area contributed by atoms with Crippen LogP contribution in [-0.2, 0) is 4.79 Å². The van der Waals surface area contributed by atoms with Crippen LogP contribution in [0.1, 0.15) is 33.6 Å². The molecule has 0 saturated carbocycles. The molecule has 1 atom stereocenters. The first-order chi connectivity index (χ1) is 8.00. The Hall–Kier alpha value is -0.0300. The highest BCUT2D eigenvalue weighted by Crippen LogP contribution is 2.15. The number of hydrogen-bond donors (Lipinski definition) is 2. The normalized spacial score (nSPS) is 18.4. The first kappa shape index (κ1) is 21.3. The Labute approximate surface area is 129 Å². The van der Waals surface area contributed by atoms with E-state index >= 15 is 0 Å². The van der Waals surface area contributed by atoms with Gasteiger partial charge in [0.05, 0.1) is 6.04 Å². The summed E-state index contributed by atoms with van der Waals surface area (Å²) < 4.78 is 0. The molecule has 1 aliphatic heterocycles. The fourth-order valence-electron chi connectivity index (χ4n) is 2.04. The zero-order valence-corrected chi connectivity index (χ0v) is 13.9. The van der Waals surface area contributed by atoms with Crippen LogP contribution in [0.2, 0.25) is 0 Å². The van der Waals surface area contributed by atoms with Crippen molar-refractivity contribution >= 4 is 30.7 Å². The minimum atomic E-state index is -0.378. The van der Waals surface area contributed by atoms with Gasteiger partial charge in [-0.15, -0.1) is 24.8 Å². The lowest BCUT2D eigenvalue weighted by Crippen LogP contribution is -2.46. The fourth-order valence-corrected chi connectivity index (χ4v) is 2.04. The van der Waals surface area contributed by atoms with E-state index in [9.17, 15) is 4.79 Å². The number of hydrogen-bond acceptors (Lipinski definition) is 3. The second-order valence-corrected chi connectivity index (χ2v) is 5.58. The van der Waals surface area contributed by atoms with Gasteiger partial charge in [0.1, 0.15) is 0 Å². The van der Waals surface area contributed by atoms with E-state index in [-0.39, 0.29) is 42.7 Å². The van der Waals surface area contributed by atoms with Crippen molar-refractivity contribution in [3.8, 4) is 0 Å². The van der Waals surface area contributed by atoms with Crippen molar-refractivity contribution < 1.29 is 4.79 Å². The number of carbonyl (C=O) groups excluding carboxylic acids is 1. The van der Waals surface area contributed by atoms with Crippen molar-refractivity contribution in [1.82, 2.24) is 10.2 Å². The topological polar surface area (TPSA) is 58.4 Å². The van der Waals surface area contributed by atoms with E-state index in [4.69, 9.17) is 5.73 Å². The highest BCUT2D eigenvalue weighted by molar-refractivity contribution is 5.85. The lowest BCUT2D eigenvalue weighted by atomic mass is 9.99. The van der Waals surface area contributed by atoms with Gasteiger partial charge in [0.15, 0.2) is 0 Å². The Morgan fingerprint density at radius 3 is 2.32 bits per heavy atom. The monoisotopic (exact) mass is 313 g/mol. The Balaban J connectivity index is 0. The maximum absolute atomic E-state index is 11.6. The molecule has 0 bridgehead atoms. The van der Waals surface area contributed by atoms with Gasteiger partial charge in [-0.3, -0.25) is 4.79 Å². The number of piperidine rings is 1. The molecule has 0 spiro atoms. The second-order valence-electron chi connectivity index (χ2n) is 5.58. The fraction of sp³-hybridized carbons (Fsp3) is 0.923. The molecule has 1 aliphatic rings. The number of carbonyl (C=O) groups is 1. The number of nitrogens with two attached hydrogens (primary N) is 1. The molecule has 1 heterocycles. The van der Waals surface area contributed by atoms with Gasteiger partial charge < -0.3 is 16.0 Å². The van der Waals surface area contributed by atoms with Crippen molar-refractivity contribution in [3.63, 3.8) is 0 Å². The molecule has 0 aromatic carbocycles. The lowest BCUT2D eigenvalue weighted by molar-refractivity contribution is -0.123. The quantitative estimate of drug-likeness (QED) is 0.811.